The average molecular weight is 325 g/mol. The Morgan fingerprint density at radius 3 is 2.48 bits per heavy atom. The lowest BCUT2D eigenvalue weighted by Gasteiger charge is -2.45. The van der Waals surface area contributed by atoms with Crippen LogP contribution < -0.4 is 5.32 Å². The maximum atomic E-state index is 11.2. The highest BCUT2D eigenvalue weighted by molar-refractivity contribution is 7.82. The number of aliphatic hydroxyl groups excluding tert-OH is 4. The van der Waals surface area contributed by atoms with E-state index < -0.39 is 60.3 Å². The molecule has 21 heavy (non-hydrogen) atoms. The third-order valence-electron chi connectivity index (χ3n) is 3.21. The molecule has 1 heterocycles. The lowest BCUT2D eigenvalue weighted by molar-refractivity contribution is -0.204. The highest BCUT2D eigenvalue weighted by atomic mass is 32.1. The van der Waals surface area contributed by atoms with E-state index in [-0.39, 0.29) is 0 Å². The zero-order valence-corrected chi connectivity index (χ0v) is 12.1. The van der Waals surface area contributed by atoms with Gasteiger partial charge in [0.25, 0.3) is 0 Å². The minimum absolute atomic E-state index is 0.436. The number of hydrogen-bond donors (Lipinski definition) is 7. The zero-order valence-electron chi connectivity index (χ0n) is 11.2. The molecule has 0 aromatic rings. The number of rotatable bonds is 5. The van der Waals surface area contributed by atoms with Crippen LogP contribution in [0.25, 0.3) is 0 Å². The Hall–Kier alpha value is -0.910. The van der Waals surface area contributed by atoms with E-state index in [0.29, 0.717) is 0 Å². The maximum Gasteiger partial charge on any atom is 0.346 e. The highest BCUT2D eigenvalue weighted by Crippen LogP contribution is 2.34. The lowest BCUT2D eigenvalue weighted by atomic mass is 9.90. The molecular weight excluding hydrogens is 306 g/mol. The van der Waals surface area contributed by atoms with Crippen LogP contribution >= 0.6 is 12.6 Å². The Morgan fingerprint density at radius 1 is 1.48 bits per heavy atom. The molecular formula is C11H19NO8S. The number of nitrogens with one attached hydrogen (secondary N) is 1. The van der Waals surface area contributed by atoms with E-state index >= 15 is 0 Å². The van der Waals surface area contributed by atoms with Gasteiger partial charge in [-0.1, -0.05) is 0 Å². The second-order valence-electron chi connectivity index (χ2n) is 4.91. The fraction of sp³-hybridized carbons (Fsp3) is 0.818. The topological polar surface area (TPSA) is 157 Å². The van der Waals surface area contributed by atoms with Crippen LogP contribution in [-0.2, 0) is 14.3 Å². The summed E-state index contributed by atoms with van der Waals surface area (Å²) in [5, 5.41) is 49.7. The summed E-state index contributed by atoms with van der Waals surface area (Å²) in [7, 11) is 0. The fourth-order valence-corrected chi connectivity index (χ4v) is 2.44. The third-order valence-corrected chi connectivity index (χ3v) is 3.69. The molecule has 0 spiro atoms. The van der Waals surface area contributed by atoms with Crippen molar-refractivity contribution in [2.75, 3.05) is 6.61 Å². The summed E-state index contributed by atoms with van der Waals surface area (Å²) in [4.78, 5) is 20.2. The second kappa shape index (κ2) is 6.90. The molecule has 0 aromatic heterocycles. The van der Waals surface area contributed by atoms with Gasteiger partial charge in [0.1, 0.15) is 18.3 Å². The summed E-state index contributed by atoms with van der Waals surface area (Å²) in [6.07, 6.45) is -6.64. The number of aliphatic hydroxyl groups is 4. The number of carboxylic acid groups (broad SMARTS) is 1. The van der Waals surface area contributed by atoms with Gasteiger partial charge >= 0.3 is 5.97 Å². The highest BCUT2D eigenvalue weighted by Gasteiger charge is 2.52. The molecule has 0 aromatic carbocycles. The van der Waals surface area contributed by atoms with Gasteiger partial charge < -0.3 is 35.6 Å². The van der Waals surface area contributed by atoms with E-state index in [4.69, 9.17) is 14.9 Å². The third kappa shape index (κ3) is 4.05. The standard InChI is InChI=1S/C11H19NO8S/c1-4(14)12-7-5(15)2-11(21,10(18)19)20-9(7)8(17)6(16)3-13/h5-9,13,15-17,21H,2-3H2,1H3,(H,12,14)(H,18,19)/t5-,6+,7+,8+,9+,11-/m0/s1. The van der Waals surface area contributed by atoms with E-state index in [1.54, 1.807) is 0 Å². The van der Waals surface area contributed by atoms with Crippen LogP contribution in [0.1, 0.15) is 13.3 Å². The number of carbonyl (C=O) groups excluding carboxylic acids is 1. The number of aliphatic carboxylic acids is 1. The van der Waals surface area contributed by atoms with Gasteiger partial charge in [0.2, 0.25) is 10.8 Å². The molecule has 10 heteroatoms. The van der Waals surface area contributed by atoms with E-state index in [2.05, 4.69) is 17.9 Å². The predicted octanol–water partition coefficient (Wildman–Crippen LogP) is -2.93. The van der Waals surface area contributed by atoms with E-state index in [1.807, 2.05) is 0 Å². The number of carboxylic acids is 1. The number of ether oxygens (including phenoxy) is 1. The van der Waals surface area contributed by atoms with E-state index in [9.17, 15) is 24.9 Å². The van der Waals surface area contributed by atoms with E-state index in [0.717, 1.165) is 0 Å². The Kier molecular flexibility index (Phi) is 5.96. The summed E-state index contributed by atoms with van der Waals surface area (Å²) in [6, 6.07) is -1.15. The van der Waals surface area contributed by atoms with Crippen LogP contribution in [0.5, 0.6) is 0 Å². The van der Waals surface area contributed by atoms with Crippen LogP contribution in [0.3, 0.4) is 0 Å². The molecule has 0 bridgehead atoms. The predicted molar refractivity (Wildman–Crippen MR) is 71.6 cm³/mol. The maximum absolute atomic E-state index is 11.2. The Balaban J connectivity index is 3.07. The molecule has 122 valence electrons. The molecule has 9 nitrogen and oxygen atoms in total. The van der Waals surface area contributed by atoms with Crippen molar-refractivity contribution in [3.63, 3.8) is 0 Å². The number of carbonyl (C=O) groups is 2. The van der Waals surface area contributed by atoms with Crippen molar-refractivity contribution in [1.82, 2.24) is 5.32 Å². The van der Waals surface area contributed by atoms with Gasteiger partial charge in [-0.15, -0.1) is 12.6 Å². The quantitative estimate of drug-likeness (QED) is 0.265. The van der Waals surface area contributed by atoms with Crippen molar-refractivity contribution >= 4 is 24.5 Å². The smallest absolute Gasteiger partial charge is 0.346 e. The van der Waals surface area contributed by atoms with Crippen molar-refractivity contribution in [2.45, 2.75) is 48.7 Å². The molecule has 1 aliphatic heterocycles. The van der Waals surface area contributed by atoms with Crippen LogP contribution in [0, 0.1) is 0 Å². The second-order valence-corrected chi connectivity index (χ2v) is 5.63. The molecule has 1 amide bonds. The Morgan fingerprint density at radius 2 is 2.05 bits per heavy atom. The molecule has 0 unspecified atom stereocenters. The molecule has 0 saturated carbocycles. The first kappa shape index (κ1) is 18.1. The summed E-state index contributed by atoms with van der Waals surface area (Å²) < 4.78 is 5.17. The zero-order chi connectivity index (χ0) is 16.4. The molecule has 6 N–H and O–H groups in total. The summed E-state index contributed by atoms with van der Waals surface area (Å²) in [5.41, 5.74) is 0. The Labute approximate surface area is 125 Å². The minimum atomic E-state index is -2.09. The largest absolute Gasteiger partial charge is 0.478 e. The monoisotopic (exact) mass is 325 g/mol. The van der Waals surface area contributed by atoms with Gasteiger partial charge in [-0.2, -0.15) is 0 Å². The van der Waals surface area contributed by atoms with Crippen LogP contribution in [0.2, 0.25) is 0 Å². The fourth-order valence-electron chi connectivity index (χ4n) is 2.14. The summed E-state index contributed by atoms with van der Waals surface area (Å²) in [6.45, 7) is 0.356. The van der Waals surface area contributed by atoms with Crippen molar-refractivity contribution in [1.29, 1.82) is 0 Å². The molecule has 0 radical (unpaired) electrons. The molecule has 6 atom stereocenters. The van der Waals surface area contributed by atoms with Gasteiger partial charge in [-0.3, -0.25) is 4.79 Å². The van der Waals surface area contributed by atoms with Crippen molar-refractivity contribution in [3.8, 4) is 0 Å². The first-order valence-corrected chi connectivity index (χ1v) is 6.63. The molecule has 1 fully saturated rings. The van der Waals surface area contributed by atoms with Crippen molar-refractivity contribution < 1.29 is 39.9 Å². The van der Waals surface area contributed by atoms with Gasteiger partial charge in [-0.25, -0.2) is 4.79 Å². The van der Waals surface area contributed by atoms with Gasteiger partial charge in [0.15, 0.2) is 0 Å². The Bertz CT molecular complexity index is 408. The van der Waals surface area contributed by atoms with Gasteiger partial charge in [0, 0.05) is 13.3 Å². The number of hydrogen-bond acceptors (Lipinski definition) is 8. The first-order chi connectivity index (χ1) is 9.62. The van der Waals surface area contributed by atoms with Crippen molar-refractivity contribution in [3.05, 3.63) is 0 Å². The van der Waals surface area contributed by atoms with Crippen LogP contribution in [0.4, 0.5) is 0 Å². The molecule has 1 rings (SSSR count). The summed E-state index contributed by atoms with van der Waals surface area (Å²) >= 11 is 3.84. The first-order valence-electron chi connectivity index (χ1n) is 6.18. The van der Waals surface area contributed by atoms with Crippen LogP contribution in [0.15, 0.2) is 0 Å². The lowest BCUT2D eigenvalue weighted by Crippen LogP contribution is -2.65. The minimum Gasteiger partial charge on any atom is -0.478 e. The normalized spacial score (nSPS) is 35.8. The molecule has 1 aliphatic rings. The average Bonchev–Trinajstić information content (AvgIpc) is 2.39. The molecule has 1 saturated heterocycles. The van der Waals surface area contributed by atoms with Crippen LogP contribution in [-0.4, -0.2) is 79.4 Å². The summed E-state index contributed by atoms with van der Waals surface area (Å²) in [5.74, 6) is -2.03. The van der Waals surface area contributed by atoms with E-state index in [1.165, 1.54) is 6.92 Å². The van der Waals surface area contributed by atoms with Gasteiger partial charge in [-0.05, 0) is 0 Å². The SMILES string of the molecule is CC(=O)N[C@H]1[C@H]([C@H](O)[C@H](O)CO)O[C@@](S)(C(=O)O)C[C@@H]1O. The van der Waals surface area contributed by atoms with Gasteiger partial charge in [0.05, 0.1) is 18.8 Å². The number of thiol groups is 1. The molecule has 0 aliphatic carbocycles. The van der Waals surface area contributed by atoms with Crippen molar-refractivity contribution in [2.24, 2.45) is 0 Å². The number of amides is 1.